The van der Waals surface area contributed by atoms with Gasteiger partial charge in [-0.3, -0.25) is 4.79 Å². The fraction of sp³-hybridized carbons (Fsp3) is 0.300. The van der Waals surface area contributed by atoms with Gasteiger partial charge >= 0.3 is 5.37 Å². The molecule has 4 nitrogen and oxygen atoms in total. The lowest BCUT2D eigenvalue weighted by Crippen LogP contribution is -2.01. The molecule has 1 amide bonds. The fourth-order valence-corrected chi connectivity index (χ4v) is 1.46. The van der Waals surface area contributed by atoms with Crippen molar-refractivity contribution in [3.8, 4) is 11.5 Å². The number of halogens is 1. The van der Waals surface area contributed by atoms with E-state index >= 15 is 0 Å². The summed E-state index contributed by atoms with van der Waals surface area (Å²) in [5.74, 6) is 1.33. The van der Waals surface area contributed by atoms with Crippen LogP contribution in [-0.2, 0) is 0 Å². The number of hydrogen-bond donors (Lipinski definition) is 1. The minimum Gasteiger partial charge on any atom is -0.490 e. The van der Waals surface area contributed by atoms with Gasteiger partial charge in [0.1, 0.15) is 0 Å². The Balaban J connectivity index is 2.23. The van der Waals surface area contributed by atoms with Crippen LogP contribution in [0.2, 0.25) is 0 Å². The van der Waals surface area contributed by atoms with E-state index in [0.29, 0.717) is 30.4 Å². The molecule has 1 aromatic rings. The second-order valence-corrected chi connectivity index (χ2v) is 3.45. The van der Waals surface area contributed by atoms with Gasteiger partial charge in [0.05, 0.1) is 13.2 Å². The predicted octanol–water partition coefficient (Wildman–Crippen LogP) is 2.62. The number of carbonyl (C=O) groups is 1. The van der Waals surface area contributed by atoms with Crippen LogP contribution in [0, 0.1) is 0 Å². The third kappa shape index (κ3) is 2.53. The van der Waals surface area contributed by atoms with Gasteiger partial charge < -0.3 is 14.8 Å². The average molecular weight is 228 g/mol. The van der Waals surface area contributed by atoms with Crippen LogP contribution in [0.5, 0.6) is 11.5 Å². The highest BCUT2D eigenvalue weighted by Gasteiger charge is 2.10. The number of anilines is 1. The van der Waals surface area contributed by atoms with E-state index < -0.39 is 5.37 Å². The summed E-state index contributed by atoms with van der Waals surface area (Å²) in [4.78, 5) is 10.6. The van der Waals surface area contributed by atoms with Crippen molar-refractivity contribution in [2.24, 2.45) is 0 Å². The number of hydrogen-bond acceptors (Lipinski definition) is 3. The molecule has 0 bridgehead atoms. The van der Waals surface area contributed by atoms with E-state index in [1.807, 2.05) is 0 Å². The summed E-state index contributed by atoms with van der Waals surface area (Å²) >= 11 is 5.21. The number of fused-ring (bicyclic) bond motifs is 1. The van der Waals surface area contributed by atoms with E-state index in [4.69, 9.17) is 21.1 Å². The monoisotopic (exact) mass is 227 g/mol. The maximum Gasteiger partial charge on any atom is 0.318 e. The van der Waals surface area contributed by atoms with Crippen molar-refractivity contribution < 1.29 is 14.3 Å². The lowest BCUT2D eigenvalue weighted by atomic mass is 10.3. The molecule has 0 aliphatic carbocycles. The average Bonchev–Trinajstić information content (AvgIpc) is 2.41. The zero-order chi connectivity index (χ0) is 10.7. The van der Waals surface area contributed by atoms with Gasteiger partial charge in [-0.15, -0.1) is 0 Å². The number of ether oxygens (including phenoxy) is 2. The number of benzene rings is 1. The Morgan fingerprint density at radius 2 is 2.00 bits per heavy atom. The van der Waals surface area contributed by atoms with E-state index in [2.05, 4.69) is 5.32 Å². The largest absolute Gasteiger partial charge is 0.490 e. The highest BCUT2D eigenvalue weighted by atomic mass is 35.5. The summed E-state index contributed by atoms with van der Waals surface area (Å²) in [6.45, 7) is 1.26. The summed E-state index contributed by atoms with van der Waals surface area (Å²) in [5.41, 5.74) is 0.597. The van der Waals surface area contributed by atoms with Gasteiger partial charge in [-0.05, 0) is 23.7 Å². The van der Waals surface area contributed by atoms with Gasteiger partial charge in [-0.25, -0.2) is 0 Å². The molecule has 1 aliphatic rings. The third-order valence-corrected chi connectivity index (χ3v) is 2.08. The Labute approximate surface area is 92.1 Å². The first-order valence-electron chi connectivity index (χ1n) is 4.62. The molecule has 1 aromatic carbocycles. The van der Waals surface area contributed by atoms with E-state index in [-0.39, 0.29) is 0 Å². The van der Waals surface area contributed by atoms with Crippen LogP contribution in [-0.4, -0.2) is 18.6 Å². The normalized spacial score (nSPS) is 14.2. The standard InChI is InChI=1S/C10H10ClNO3/c11-10(13)12-7-2-3-8-9(6-7)15-5-1-4-14-8/h2-3,6H,1,4-5H2,(H,12,13). The van der Waals surface area contributed by atoms with Gasteiger partial charge in [-0.1, -0.05) is 0 Å². The first-order chi connectivity index (χ1) is 7.25. The molecule has 5 heteroatoms. The lowest BCUT2D eigenvalue weighted by molar-refractivity contribution is 0.269. The predicted molar refractivity (Wildman–Crippen MR) is 56.9 cm³/mol. The Kier molecular flexibility index (Phi) is 2.97. The van der Waals surface area contributed by atoms with Crippen molar-refractivity contribution in [1.82, 2.24) is 0 Å². The lowest BCUT2D eigenvalue weighted by Gasteiger charge is -2.08. The number of carbonyl (C=O) groups excluding carboxylic acids is 1. The van der Waals surface area contributed by atoms with Crippen molar-refractivity contribution in [1.29, 1.82) is 0 Å². The minimum atomic E-state index is -0.621. The number of nitrogens with one attached hydrogen (secondary N) is 1. The van der Waals surface area contributed by atoms with E-state index in [1.54, 1.807) is 18.2 Å². The number of rotatable bonds is 1. The molecule has 0 radical (unpaired) electrons. The van der Waals surface area contributed by atoms with E-state index in [0.717, 1.165) is 6.42 Å². The van der Waals surface area contributed by atoms with Gasteiger partial charge in [0.15, 0.2) is 11.5 Å². The second-order valence-electron chi connectivity index (χ2n) is 3.11. The highest BCUT2D eigenvalue weighted by Crippen LogP contribution is 2.32. The summed E-state index contributed by atoms with van der Waals surface area (Å²) in [7, 11) is 0. The van der Waals surface area contributed by atoms with Crippen LogP contribution in [0.3, 0.4) is 0 Å². The highest BCUT2D eigenvalue weighted by molar-refractivity contribution is 6.65. The Bertz CT molecular complexity index is 381. The van der Waals surface area contributed by atoms with Crippen LogP contribution in [0.1, 0.15) is 6.42 Å². The van der Waals surface area contributed by atoms with Gasteiger partial charge in [0.25, 0.3) is 0 Å². The van der Waals surface area contributed by atoms with Crippen LogP contribution in [0.4, 0.5) is 10.5 Å². The zero-order valence-electron chi connectivity index (χ0n) is 7.96. The van der Waals surface area contributed by atoms with Crippen LogP contribution >= 0.6 is 11.6 Å². The molecule has 0 atom stereocenters. The van der Waals surface area contributed by atoms with Gasteiger partial charge in [0, 0.05) is 18.2 Å². The first-order valence-corrected chi connectivity index (χ1v) is 4.99. The number of amides is 1. The molecule has 1 aliphatic heterocycles. The SMILES string of the molecule is O=C(Cl)Nc1ccc2c(c1)OCCCO2. The Hall–Kier alpha value is -1.42. The van der Waals surface area contributed by atoms with Gasteiger partial charge in [0.2, 0.25) is 0 Å². The third-order valence-electron chi connectivity index (χ3n) is 1.99. The molecule has 2 rings (SSSR count). The molecule has 80 valence electrons. The topological polar surface area (TPSA) is 47.6 Å². The van der Waals surface area contributed by atoms with Crippen molar-refractivity contribution in [2.75, 3.05) is 18.5 Å². The molecule has 1 heterocycles. The van der Waals surface area contributed by atoms with Crippen LogP contribution < -0.4 is 14.8 Å². The smallest absolute Gasteiger partial charge is 0.318 e. The molecular formula is C10H10ClNO3. The Morgan fingerprint density at radius 3 is 2.73 bits per heavy atom. The minimum absolute atomic E-state index is 0.597. The molecule has 0 fully saturated rings. The summed E-state index contributed by atoms with van der Waals surface area (Å²) < 4.78 is 10.9. The summed E-state index contributed by atoms with van der Waals surface area (Å²) in [5, 5.41) is 1.85. The maximum atomic E-state index is 10.6. The van der Waals surface area contributed by atoms with Crippen molar-refractivity contribution in [2.45, 2.75) is 6.42 Å². The summed E-state index contributed by atoms with van der Waals surface area (Å²) in [6.07, 6.45) is 0.853. The second kappa shape index (κ2) is 4.40. The molecule has 1 N–H and O–H groups in total. The molecule has 0 spiro atoms. The quantitative estimate of drug-likeness (QED) is 0.593. The van der Waals surface area contributed by atoms with Crippen molar-refractivity contribution in [3.05, 3.63) is 18.2 Å². The van der Waals surface area contributed by atoms with Crippen LogP contribution in [0.15, 0.2) is 18.2 Å². The fourth-order valence-electron chi connectivity index (χ4n) is 1.35. The first kappa shape index (κ1) is 10.1. The molecule has 0 saturated carbocycles. The molecular weight excluding hydrogens is 218 g/mol. The van der Waals surface area contributed by atoms with Crippen molar-refractivity contribution in [3.63, 3.8) is 0 Å². The zero-order valence-corrected chi connectivity index (χ0v) is 8.71. The molecule has 0 aromatic heterocycles. The van der Waals surface area contributed by atoms with E-state index in [9.17, 15) is 4.79 Å². The van der Waals surface area contributed by atoms with Gasteiger partial charge in [-0.2, -0.15) is 0 Å². The molecule has 0 unspecified atom stereocenters. The molecule has 15 heavy (non-hydrogen) atoms. The molecule has 0 saturated heterocycles. The Morgan fingerprint density at radius 1 is 1.27 bits per heavy atom. The van der Waals surface area contributed by atoms with E-state index in [1.165, 1.54) is 0 Å². The summed E-state index contributed by atoms with van der Waals surface area (Å²) in [6, 6.07) is 5.16. The maximum absolute atomic E-state index is 10.6. The van der Waals surface area contributed by atoms with Crippen molar-refractivity contribution >= 4 is 22.7 Å². The van der Waals surface area contributed by atoms with Crippen LogP contribution in [0.25, 0.3) is 0 Å².